The molecule has 1 aromatic rings. The Bertz CT molecular complexity index is 311. The van der Waals surface area contributed by atoms with Gasteiger partial charge >= 0.3 is 0 Å². The van der Waals surface area contributed by atoms with Crippen LogP contribution in [0.1, 0.15) is 18.4 Å². The third kappa shape index (κ3) is 5.52. The molecule has 1 rings (SSSR count). The van der Waals surface area contributed by atoms with Crippen molar-refractivity contribution in [2.75, 3.05) is 34.4 Å². The van der Waals surface area contributed by atoms with Gasteiger partial charge in [-0.3, -0.25) is 0 Å². The molecule has 1 N–H and O–H groups in total. The Balaban J connectivity index is 2.47. The maximum absolute atomic E-state index is 5.17. The maximum Gasteiger partial charge on any atom is 0.118 e. The highest BCUT2D eigenvalue weighted by molar-refractivity contribution is 5.27. The summed E-state index contributed by atoms with van der Waals surface area (Å²) in [6.07, 6.45) is 3.42. The van der Waals surface area contributed by atoms with E-state index in [9.17, 15) is 0 Å². The highest BCUT2D eigenvalue weighted by Crippen LogP contribution is 2.17. The van der Waals surface area contributed by atoms with E-state index in [0.717, 1.165) is 31.7 Å². The van der Waals surface area contributed by atoms with Gasteiger partial charge in [0, 0.05) is 13.7 Å². The van der Waals surface area contributed by atoms with Crippen molar-refractivity contribution in [1.29, 1.82) is 0 Å². The predicted octanol–water partition coefficient (Wildman–Crippen LogP) is 2.50. The number of rotatable bonds is 9. The molecular weight excluding hydrogens is 226 g/mol. The summed E-state index contributed by atoms with van der Waals surface area (Å²) in [5.74, 6) is 1.59. The molecule has 0 spiro atoms. The number of methoxy groups -OCH3 is 2. The Labute approximate surface area is 110 Å². The Morgan fingerprint density at radius 2 is 1.89 bits per heavy atom. The van der Waals surface area contributed by atoms with Crippen molar-refractivity contribution in [2.45, 2.75) is 19.3 Å². The molecule has 0 radical (unpaired) electrons. The average Bonchev–Trinajstić information content (AvgIpc) is 2.40. The van der Waals surface area contributed by atoms with Crippen molar-refractivity contribution in [3.05, 3.63) is 29.8 Å². The first-order chi connectivity index (χ1) is 8.80. The fourth-order valence-corrected chi connectivity index (χ4v) is 2.18. The lowest BCUT2D eigenvalue weighted by Gasteiger charge is -2.16. The van der Waals surface area contributed by atoms with Crippen LogP contribution in [0.25, 0.3) is 0 Å². The van der Waals surface area contributed by atoms with Crippen molar-refractivity contribution in [3.8, 4) is 5.75 Å². The first-order valence-corrected chi connectivity index (χ1v) is 6.56. The minimum Gasteiger partial charge on any atom is -0.497 e. The number of benzene rings is 1. The first-order valence-electron chi connectivity index (χ1n) is 6.56. The van der Waals surface area contributed by atoms with Gasteiger partial charge in [0.05, 0.1) is 7.11 Å². The molecule has 0 fully saturated rings. The Hall–Kier alpha value is -1.06. The molecule has 0 aliphatic carbocycles. The number of hydrogen-bond donors (Lipinski definition) is 1. The summed E-state index contributed by atoms with van der Waals surface area (Å²) in [4.78, 5) is 0. The van der Waals surface area contributed by atoms with Gasteiger partial charge in [0.1, 0.15) is 5.75 Å². The van der Waals surface area contributed by atoms with Crippen molar-refractivity contribution < 1.29 is 9.47 Å². The van der Waals surface area contributed by atoms with Crippen LogP contribution >= 0.6 is 0 Å². The molecule has 1 unspecified atom stereocenters. The van der Waals surface area contributed by atoms with Gasteiger partial charge in [-0.2, -0.15) is 0 Å². The number of ether oxygens (including phenoxy) is 2. The summed E-state index contributed by atoms with van der Waals surface area (Å²) >= 11 is 0. The fraction of sp³-hybridized carbons (Fsp3) is 0.600. The topological polar surface area (TPSA) is 30.5 Å². The van der Waals surface area contributed by atoms with E-state index in [4.69, 9.17) is 9.47 Å². The zero-order chi connectivity index (χ0) is 13.2. The lowest BCUT2D eigenvalue weighted by molar-refractivity contribution is 0.186. The monoisotopic (exact) mass is 251 g/mol. The molecule has 0 aliphatic heterocycles. The Morgan fingerprint density at radius 3 is 2.44 bits per heavy atom. The van der Waals surface area contributed by atoms with Crippen LogP contribution in [0, 0.1) is 5.92 Å². The van der Waals surface area contributed by atoms with Crippen LogP contribution in [-0.4, -0.2) is 34.4 Å². The van der Waals surface area contributed by atoms with Gasteiger partial charge in [-0.15, -0.1) is 0 Å². The second kappa shape index (κ2) is 8.95. The van der Waals surface area contributed by atoms with Gasteiger partial charge in [-0.25, -0.2) is 0 Å². The highest BCUT2D eigenvalue weighted by Gasteiger charge is 2.09. The van der Waals surface area contributed by atoms with E-state index < -0.39 is 0 Å². The van der Waals surface area contributed by atoms with Crippen LogP contribution in [0.3, 0.4) is 0 Å². The summed E-state index contributed by atoms with van der Waals surface area (Å²) in [6, 6.07) is 8.36. The van der Waals surface area contributed by atoms with Gasteiger partial charge in [-0.1, -0.05) is 12.1 Å². The molecule has 0 heterocycles. The van der Waals surface area contributed by atoms with Crippen LogP contribution in [-0.2, 0) is 11.2 Å². The van der Waals surface area contributed by atoms with E-state index in [2.05, 4.69) is 17.4 Å². The average molecular weight is 251 g/mol. The standard InChI is InChI=1S/C15H25NO2/c1-16-12-14(5-4-10-17-2)11-13-6-8-15(18-3)9-7-13/h6-9,14,16H,4-5,10-12H2,1-3H3. The Morgan fingerprint density at radius 1 is 1.17 bits per heavy atom. The van der Waals surface area contributed by atoms with E-state index >= 15 is 0 Å². The Kier molecular flexibility index (Phi) is 7.46. The molecule has 1 aromatic carbocycles. The van der Waals surface area contributed by atoms with Gasteiger partial charge in [0.15, 0.2) is 0 Å². The largest absolute Gasteiger partial charge is 0.497 e. The molecule has 0 bridgehead atoms. The van der Waals surface area contributed by atoms with Gasteiger partial charge in [0.2, 0.25) is 0 Å². The molecule has 18 heavy (non-hydrogen) atoms. The van der Waals surface area contributed by atoms with E-state index in [0.29, 0.717) is 5.92 Å². The highest BCUT2D eigenvalue weighted by atomic mass is 16.5. The zero-order valence-corrected chi connectivity index (χ0v) is 11.7. The van der Waals surface area contributed by atoms with Gasteiger partial charge in [-0.05, 0) is 56.5 Å². The van der Waals surface area contributed by atoms with Crippen LogP contribution < -0.4 is 10.1 Å². The molecule has 0 saturated heterocycles. The molecule has 0 aromatic heterocycles. The molecule has 0 aliphatic rings. The van der Waals surface area contributed by atoms with E-state index in [1.807, 2.05) is 19.2 Å². The van der Waals surface area contributed by atoms with Crippen LogP contribution in [0.5, 0.6) is 5.75 Å². The van der Waals surface area contributed by atoms with Gasteiger partial charge < -0.3 is 14.8 Å². The minimum absolute atomic E-state index is 0.665. The molecule has 3 heteroatoms. The van der Waals surface area contributed by atoms with Crippen molar-refractivity contribution in [3.63, 3.8) is 0 Å². The summed E-state index contributed by atoms with van der Waals surface area (Å²) in [5.41, 5.74) is 1.37. The zero-order valence-electron chi connectivity index (χ0n) is 11.7. The predicted molar refractivity (Wildman–Crippen MR) is 75.2 cm³/mol. The smallest absolute Gasteiger partial charge is 0.118 e. The molecule has 102 valence electrons. The lowest BCUT2D eigenvalue weighted by Crippen LogP contribution is -2.21. The fourth-order valence-electron chi connectivity index (χ4n) is 2.18. The maximum atomic E-state index is 5.17. The lowest BCUT2D eigenvalue weighted by atomic mass is 9.95. The number of nitrogens with one attached hydrogen (secondary N) is 1. The van der Waals surface area contributed by atoms with E-state index in [1.54, 1.807) is 14.2 Å². The second-order valence-corrected chi connectivity index (χ2v) is 4.61. The molecule has 0 amide bonds. The van der Waals surface area contributed by atoms with Gasteiger partial charge in [0.25, 0.3) is 0 Å². The summed E-state index contributed by atoms with van der Waals surface area (Å²) in [7, 11) is 5.47. The SMILES string of the molecule is CNCC(CCCOC)Cc1ccc(OC)cc1. The van der Waals surface area contributed by atoms with Crippen LogP contribution in [0.2, 0.25) is 0 Å². The van der Waals surface area contributed by atoms with Crippen LogP contribution in [0.15, 0.2) is 24.3 Å². The number of hydrogen-bond acceptors (Lipinski definition) is 3. The summed E-state index contributed by atoms with van der Waals surface area (Å²) < 4.78 is 10.3. The molecular formula is C15H25NO2. The van der Waals surface area contributed by atoms with Crippen molar-refractivity contribution >= 4 is 0 Å². The van der Waals surface area contributed by atoms with E-state index in [1.165, 1.54) is 12.0 Å². The van der Waals surface area contributed by atoms with Crippen molar-refractivity contribution in [1.82, 2.24) is 5.32 Å². The molecule has 3 nitrogen and oxygen atoms in total. The quantitative estimate of drug-likeness (QED) is 0.684. The summed E-state index contributed by atoms with van der Waals surface area (Å²) in [6.45, 7) is 1.90. The molecule has 1 atom stereocenters. The first kappa shape index (κ1) is 15.0. The van der Waals surface area contributed by atoms with Crippen molar-refractivity contribution in [2.24, 2.45) is 5.92 Å². The summed E-state index contributed by atoms with van der Waals surface area (Å²) in [5, 5.41) is 3.27. The van der Waals surface area contributed by atoms with Crippen LogP contribution in [0.4, 0.5) is 0 Å². The normalized spacial score (nSPS) is 12.4. The minimum atomic E-state index is 0.665. The van der Waals surface area contributed by atoms with E-state index in [-0.39, 0.29) is 0 Å². The third-order valence-corrected chi connectivity index (χ3v) is 3.14. The molecule has 0 saturated carbocycles. The second-order valence-electron chi connectivity index (χ2n) is 4.61. The third-order valence-electron chi connectivity index (χ3n) is 3.14.